The lowest BCUT2D eigenvalue weighted by Crippen LogP contribution is -2.23. The third-order valence-electron chi connectivity index (χ3n) is 6.92. The van der Waals surface area contributed by atoms with E-state index in [-0.39, 0.29) is 17.1 Å². The van der Waals surface area contributed by atoms with Gasteiger partial charge in [-0.2, -0.15) is 0 Å². The van der Waals surface area contributed by atoms with Gasteiger partial charge in [-0.1, -0.05) is 6.07 Å². The zero-order valence-corrected chi connectivity index (χ0v) is 19.7. The number of hydrogen-bond donors (Lipinski definition) is 1. The number of pyridine rings is 1. The molecule has 5 rings (SSSR count). The molecule has 0 bridgehead atoms. The van der Waals surface area contributed by atoms with Crippen molar-refractivity contribution in [3.63, 3.8) is 0 Å². The Labute approximate surface area is 198 Å². The number of fused-ring (bicyclic) bond motifs is 2. The van der Waals surface area contributed by atoms with Crippen molar-refractivity contribution in [2.75, 3.05) is 5.32 Å². The molecule has 1 aliphatic rings. The molecule has 1 N–H and O–H groups in total. The van der Waals surface area contributed by atoms with E-state index >= 15 is 0 Å². The first-order valence-corrected chi connectivity index (χ1v) is 12.1. The fourth-order valence-corrected chi connectivity index (χ4v) is 5.49. The van der Waals surface area contributed by atoms with E-state index in [9.17, 15) is 4.39 Å². The predicted molar refractivity (Wildman–Crippen MR) is 133 cm³/mol. The molecule has 1 saturated carbocycles. The molecule has 33 heavy (non-hydrogen) atoms. The van der Waals surface area contributed by atoms with E-state index in [1.165, 1.54) is 24.5 Å². The van der Waals surface area contributed by atoms with Gasteiger partial charge in [0.15, 0.2) is 0 Å². The maximum absolute atomic E-state index is 13.9. The third kappa shape index (κ3) is 4.79. The van der Waals surface area contributed by atoms with Gasteiger partial charge in [0, 0.05) is 23.0 Å². The Balaban J connectivity index is 1.24. The third-order valence-corrected chi connectivity index (χ3v) is 7.09. The SMILES string of the molecule is Cc1ccc2c(N[C@H](C)CC3CCC(c4ccnc5ccc(F)cc45)CC3)nc(Cl)nc2c1. The fraction of sp³-hybridized carbons (Fsp3) is 0.370. The van der Waals surface area contributed by atoms with Crippen LogP contribution >= 0.6 is 11.6 Å². The molecule has 1 atom stereocenters. The van der Waals surface area contributed by atoms with Crippen molar-refractivity contribution in [1.82, 2.24) is 15.0 Å². The Hall–Kier alpha value is -2.79. The van der Waals surface area contributed by atoms with Gasteiger partial charge < -0.3 is 5.32 Å². The molecule has 2 heterocycles. The first kappa shape index (κ1) is 22.0. The van der Waals surface area contributed by atoms with Gasteiger partial charge in [0.2, 0.25) is 5.28 Å². The Morgan fingerprint density at radius 2 is 1.82 bits per heavy atom. The monoisotopic (exact) mass is 462 g/mol. The number of anilines is 1. The average Bonchev–Trinajstić information content (AvgIpc) is 2.78. The highest BCUT2D eigenvalue weighted by Gasteiger charge is 2.25. The molecule has 0 aliphatic heterocycles. The Morgan fingerprint density at radius 3 is 2.64 bits per heavy atom. The average molecular weight is 463 g/mol. The van der Waals surface area contributed by atoms with E-state index in [1.807, 2.05) is 19.2 Å². The van der Waals surface area contributed by atoms with Crippen LogP contribution in [0.1, 0.15) is 56.1 Å². The molecular weight excluding hydrogens is 435 g/mol. The van der Waals surface area contributed by atoms with E-state index in [4.69, 9.17) is 11.6 Å². The number of benzene rings is 2. The van der Waals surface area contributed by atoms with Crippen LogP contribution < -0.4 is 5.32 Å². The second-order valence-corrected chi connectivity index (χ2v) is 9.76. The zero-order valence-electron chi connectivity index (χ0n) is 19.0. The van der Waals surface area contributed by atoms with Crippen molar-refractivity contribution >= 4 is 39.2 Å². The Kier molecular flexibility index (Phi) is 6.15. The van der Waals surface area contributed by atoms with Crippen LogP contribution in [-0.2, 0) is 0 Å². The normalized spacial score (nSPS) is 19.6. The number of nitrogens with one attached hydrogen (secondary N) is 1. The first-order chi connectivity index (χ1) is 16.0. The molecule has 2 aromatic heterocycles. The quantitative estimate of drug-likeness (QED) is 0.313. The van der Waals surface area contributed by atoms with E-state index < -0.39 is 0 Å². The summed E-state index contributed by atoms with van der Waals surface area (Å²) < 4.78 is 13.9. The molecule has 0 saturated heterocycles. The Morgan fingerprint density at radius 1 is 1.00 bits per heavy atom. The highest BCUT2D eigenvalue weighted by atomic mass is 35.5. The van der Waals surface area contributed by atoms with Gasteiger partial charge in [-0.15, -0.1) is 0 Å². The van der Waals surface area contributed by atoms with Gasteiger partial charge in [-0.25, -0.2) is 14.4 Å². The van der Waals surface area contributed by atoms with Crippen molar-refractivity contribution in [1.29, 1.82) is 0 Å². The van der Waals surface area contributed by atoms with E-state index in [0.717, 1.165) is 52.4 Å². The van der Waals surface area contributed by atoms with Crippen LogP contribution in [0.5, 0.6) is 0 Å². The lowest BCUT2D eigenvalue weighted by atomic mass is 9.76. The van der Waals surface area contributed by atoms with Crippen molar-refractivity contribution < 1.29 is 4.39 Å². The summed E-state index contributed by atoms with van der Waals surface area (Å²) in [7, 11) is 0. The van der Waals surface area contributed by atoms with Crippen LogP contribution in [-0.4, -0.2) is 21.0 Å². The summed E-state index contributed by atoms with van der Waals surface area (Å²) in [6, 6.07) is 13.4. The van der Waals surface area contributed by atoms with Crippen molar-refractivity contribution in [2.24, 2.45) is 5.92 Å². The molecule has 0 amide bonds. The molecule has 1 aliphatic carbocycles. The number of rotatable bonds is 5. The molecule has 1 fully saturated rings. The largest absolute Gasteiger partial charge is 0.367 e. The van der Waals surface area contributed by atoms with Crippen molar-refractivity contribution in [3.8, 4) is 0 Å². The number of halogens is 2. The summed E-state index contributed by atoms with van der Waals surface area (Å²) in [6.45, 7) is 4.26. The molecule has 0 spiro atoms. The van der Waals surface area contributed by atoms with Crippen LogP contribution in [0.25, 0.3) is 21.8 Å². The second kappa shape index (κ2) is 9.22. The van der Waals surface area contributed by atoms with Crippen LogP contribution in [0.4, 0.5) is 10.2 Å². The zero-order chi connectivity index (χ0) is 22.9. The molecule has 2 aromatic carbocycles. The van der Waals surface area contributed by atoms with E-state index in [1.54, 1.807) is 12.1 Å². The number of aryl methyl sites for hydroxylation is 1. The summed E-state index contributed by atoms with van der Waals surface area (Å²) >= 11 is 6.19. The van der Waals surface area contributed by atoms with Gasteiger partial charge in [0.25, 0.3) is 0 Å². The lowest BCUT2D eigenvalue weighted by Gasteiger charge is -2.31. The molecule has 0 unspecified atom stereocenters. The van der Waals surface area contributed by atoms with Gasteiger partial charge in [0.05, 0.1) is 11.0 Å². The molecule has 170 valence electrons. The molecule has 6 heteroatoms. The lowest BCUT2D eigenvalue weighted by molar-refractivity contribution is 0.302. The van der Waals surface area contributed by atoms with Gasteiger partial charge >= 0.3 is 0 Å². The fourth-order valence-electron chi connectivity index (χ4n) is 5.32. The minimum absolute atomic E-state index is 0.196. The molecule has 4 aromatic rings. The van der Waals surface area contributed by atoms with Crippen LogP contribution in [0.3, 0.4) is 0 Å². The maximum atomic E-state index is 13.9. The van der Waals surface area contributed by atoms with Gasteiger partial charge in [-0.3, -0.25) is 4.98 Å². The number of hydrogen-bond acceptors (Lipinski definition) is 4. The first-order valence-electron chi connectivity index (χ1n) is 11.7. The topological polar surface area (TPSA) is 50.7 Å². The van der Waals surface area contributed by atoms with Gasteiger partial charge in [-0.05, 0) is 117 Å². The minimum atomic E-state index is -0.196. The van der Waals surface area contributed by atoms with Crippen molar-refractivity contribution in [3.05, 3.63) is 70.9 Å². The minimum Gasteiger partial charge on any atom is -0.367 e. The standard InChI is InChI=1S/C27H28ClFN4/c1-16-3-9-22-25(13-16)32-27(28)33-26(22)31-17(2)14-18-4-6-19(7-5-18)21-11-12-30-24-10-8-20(29)15-23(21)24/h3,8-13,15,17-19H,4-7,14H2,1-2H3,(H,31,32,33)/t17-,18?,19?/m1/s1. The summed E-state index contributed by atoms with van der Waals surface area (Å²) in [6.07, 6.45) is 7.50. The second-order valence-electron chi connectivity index (χ2n) is 9.42. The van der Waals surface area contributed by atoms with Crippen LogP contribution in [0.2, 0.25) is 5.28 Å². The number of nitrogens with zero attached hydrogens (tertiary/aromatic N) is 3. The highest BCUT2D eigenvalue weighted by Crippen LogP contribution is 2.40. The van der Waals surface area contributed by atoms with E-state index in [0.29, 0.717) is 11.8 Å². The summed E-state index contributed by atoms with van der Waals surface area (Å²) in [5.74, 6) is 1.72. The molecule has 0 radical (unpaired) electrons. The predicted octanol–water partition coefficient (Wildman–Crippen LogP) is 7.44. The summed E-state index contributed by atoms with van der Waals surface area (Å²) in [5, 5.41) is 5.80. The smallest absolute Gasteiger partial charge is 0.224 e. The van der Waals surface area contributed by atoms with Crippen LogP contribution in [0.15, 0.2) is 48.7 Å². The summed E-state index contributed by atoms with van der Waals surface area (Å²) in [4.78, 5) is 13.2. The summed E-state index contributed by atoms with van der Waals surface area (Å²) in [5.41, 5.74) is 4.13. The van der Waals surface area contributed by atoms with Crippen molar-refractivity contribution in [2.45, 2.75) is 57.9 Å². The van der Waals surface area contributed by atoms with Crippen LogP contribution in [0, 0.1) is 18.7 Å². The van der Waals surface area contributed by atoms with Gasteiger partial charge in [0.1, 0.15) is 11.6 Å². The van der Waals surface area contributed by atoms with E-state index in [2.05, 4.69) is 45.4 Å². The highest BCUT2D eigenvalue weighted by molar-refractivity contribution is 6.28. The maximum Gasteiger partial charge on any atom is 0.224 e. The Bertz CT molecular complexity index is 1300. The number of aromatic nitrogens is 3. The molecular formula is C27H28ClFN4. The molecule has 4 nitrogen and oxygen atoms in total.